The third-order valence-corrected chi connectivity index (χ3v) is 5.59. The average Bonchev–Trinajstić information content (AvgIpc) is 2.94. The molecule has 108 valence electrons. The van der Waals surface area contributed by atoms with E-state index in [1.807, 2.05) is 23.2 Å². The molecule has 1 aromatic heterocycles. The van der Waals surface area contributed by atoms with Crippen molar-refractivity contribution in [2.75, 3.05) is 12.8 Å². The summed E-state index contributed by atoms with van der Waals surface area (Å²) in [6.45, 7) is 0.315. The third kappa shape index (κ3) is 4.02. The number of amides is 1. The molecule has 1 fully saturated rings. The zero-order valence-electron chi connectivity index (χ0n) is 11.6. The van der Waals surface area contributed by atoms with E-state index in [-0.39, 0.29) is 5.91 Å². The zero-order valence-corrected chi connectivity index (χ0v) is 13.3. The number of hydrogen-bond acceptors (Lipinski definition) is 4. The van der Waals surface area contributed by atoms with Crippen LogP contribution in [0.2, 0.25) is 0 Å². The van der Waals surface area contributed by atoms with E-state index in [9.17, 15) is 4.79 Å². The minimum absolute atomic E-state index is 0.00826. The van der Waals surface area contributed by atoms with Crippen molar-refractivity contribution in [3.63, 3.8) is 0 Å². The van der Waals surface area contributed by atoms with Crippen LogP contribution in [-0.2, 0) is 0 Å². The second kappa shape index (κ2) is 7.72. The molecule has 1 aliphatic carbocycles. The molecule has 1 saturated carbocycles. The second-order valence-corrected chi connectivity index (χ2v) is 6.91. The second-order valence-electron chi connectivity index (χ2n) is 4.85. The Morgan fingerprint density at radius 1 is 1.50 bits per heavy atom. The van der Waals surface area contributed by atoms with E-state index in [4.69, 9.17) is 5.73 Å². The Hall–Kier alpha value is -0.960. The van der Waals surface area contributed by atoms with E-state index < -0.39 is 0 Å². The molecule has 2 rings (SSSR count). The van der Waals surface area contributed by atoms with Crippen LogP contribution in [0.25, 0.3) is 0 Å². The smallest absolute Gasteiger partial charge is 0.262 e. The van der Waals surface area contributed by atoms with E-state index >= 15 is 0 Å². The van der Waals surface area contributed by atoms with E-state index in [1.54, 1.807) is 0 Å². The van der Waals surface area contributed by atoms with Crippen molar-refractivity contribution in [3.05, 3.63) is 21.9 Å². The highest BCUT2D eigenvalue weighted by Crippen LogP contribution is 2.27. The monoisotopic (exact) mass is 308 g/mol. The fourth-order valence-corrected chi connectivity index (χ4v) is 3.92. The van der Waals surface area contributed by atoms with Crippen molar-refractivity contribution in [2.24, 2.45) is 5.73 Å². The van der Waals surface area contributed by atoms with Gasteiger partial charge in [-0.2, -0.15) is 11.8 Å². The maximum atomic E-state index is 12.3. The lowest BCUT2D eigenvalue weighted by atomic mass is 9.95. The van der Waals surface area contributed by atoms with Gasteiger partial charge in [-0.05, 0) is 43.4 Å². The normalized spacial score (nSPS) is 21.9. The van der Waals surface area contributed by atoms with Gasteiger partial charge in [-0.1, -0.05) is 11.8 Å². The number of hydrogen-bond donors (Lipinski definition) is 2. The summed E-state index contributed by atoms with van der Waals surface area (Å²) < 4.78 is 0. The van der Waals surface area contributed by atoms with Gasteiger partial charge in [0.15, 0.2) is 0 Å². The number of carbonyl (C=O) groups is 1. The van der Waals surface area contributed by atoms with Gasteiger partial charge in [0.1, 0.15) is 4.88 Å². The Balaban J connectivity index is 1.94. The van der Waals surface area contributed by atoms with Crippen LogP contribution in [0.4, 0.5) is 0 Å². The number of thiophene rings is 1. The van der Waals surface area contributed by atoms with Gasteiger partial charge in [0.05, 0.1) is 6.54 Å². The molecule has 1 aliphatic rings. The lowest BCUT2D eigenvalue weighted by Gasteiger charge is -2.27. The van der Waals surface area contributed by atoms with Crippen molar-refractivity contribution in [1.82, 2.24) is 5.32 Å². The minimum Gasteiger partial charge on any atom is -0.349 e. The van der Waals surface area contributed by atoms with E-state index in [0.29, 0.717) is 17.5 Å². The molecule has 0 atom stereocenters. The van der Waals surface area contributed by atoms with Crippen LogP contribution in [0, 0.1) is 11.8 Å². The van der Waals surface area contributed by atoms with Gasteiger partial charge in [0.2, 0.25) is 0 Å². The fraction of sp³-hybridized carbons (Fsp3) is 0.533. The summed E-state index contributed by atoms with van der Waals surface area (Å²) >= 11 is 3.38. The first-order valence-electron chi connectivity index (χ1n) is 6.84. The number of nitrogens with two attached hydrogens (primary N) is 1. The van der Waals surface area contributed by atoms with Crippen LogP contribution >= 0.6 is 23.1 Å². The highest BCUT2D eigenvalue weighted by Gasteiger charge is 2.23. The molecule has 0 aliphatic heterocycles. The molecule has 3 nitrogen and oxygen atoms in total. The summed E-state index contributed by atoms with van der Waals surface area (Å²) in [7, 11) is 0. The molecule has 20 heavy (non-hydrogen) atoms. The zero-order chi connectivity index (χ0) is 14.4. The van der Waals surface area contributed by atoms with Crippen molar-refractivity contribution < 1.29 is 4.79 Å². The summed E-state index contributed by atoms with van der Waals surface area (Å²) in [6, 6.07) is 2.19. The SMILES string of the molecule is CSC1CCC(NC(=O)c2sccc2C#CCN)CC1. The Morgan fingerprint density at radius 3 is 2.90 bits per heavy atom. The first kappa shape index (κ1) is 15.4. The van der Waals surface area contributed by atoms with Crippen molar-refractivity contribution in [1.29, 1.82) is 0 Å². The molecule has 0 radical (unpaired) electrons. The predicted molar refractivity (Wildman–Crippen MR) is 87.3 cm³/mol. The van der Waals surface area contributed by atoms with E-state index in [1.165, 1.54) is 24.2 Å². The van der Waals surface area contributed by atoms with Gasteiger partial charge < -0.3 is 11.1 Å². The van der Waals surface area contributed by atoms with Gasteiger partial charge in [-0.25, -0.2) is 0 Å². The lowest BCUT2D eigenvalue weighted by Crippen LogP contribution is -2.38. The molecule has 0 aromatic carbocycles. The molecule has 0 unspecified atom stereocenters. The molecule has 5 heteroatoms. The van der Waals surface area contributed by atoms with Gasteiger partial charge in [-0.15, -0.1) is 11.3 Å². The number of nitrogens with one attached hydrogen (secondary N) is 1. The molecular weight excluding hydrogens is 288 g/mol. The van der Waals surface area contributed by atoms with Crippen molar-refractivity contribution in [3.8, 4) is 11.8 Å². The largest absolute Gasteiger partial charge is 0.349 e. The van der Waals surface area contributed by atoms with Crippen LogP contribution in [0.5, 0.6) is 0 Å². The maximum Gasteiger partial charge on any atom is 0.262 e. The van der Waals surface area contributed by atoms with Gasteiger partial charge in [-0.3, -0.25) is 4.79 Å². The first-order valence-corrected chi connectivity index (χ1v) is 9.01. The molecule has 1 amide bonds. The Labute approximate surface area is 128 Å². The van der Waals surface area contributed by atoms with Crippen molar-refractivity contribution in [2.45, 2.75) is 37.0 Å². The van der Waals surface area contributed by atoms with Crippen LogP contribution in [-0.4, -0.2) is 30.0 Å². The molecule has 1 heterocycles. The summed E-state index contributed by atoms with van der Waals surface area (Å²) in [5.74, 6) is 5.77. The number of carbonyl (C=O) groups excluding carboxylic acids is 1. The molecule has 0 spiro atoms. The Kier molecular flexibility index (Phi) is 5.96. The van der Waals surface area contributed by atoms with Gasteiger partial charge in [0.25, 0.3) is 5.91 Å². The van der Waals surface area contributed by atoms with Crippen LogP contribution < -0.4 is 11.1 Å². The fourth-order valence-electron chi connectivity index (χ4n) is 2.42. The van der Waals surface area contributed by atoms with Crippen LogP contribution in [0.1, 0.15) is 40.9 Å². The Bertz CT molecular complexity index is 507. The minimum atomic E-state index is 0.00826. The Morgan fingerprint density at radius 2 is 2.25 bits per heavy atom. The predicted octanol–water partition coefficient (Wildman–Crippen LogP) is 2.46. The highest BCUT2D eigenvalue weighted by atomic mass is 32.2. The highest BCUT2D eigenvalue weighted by molar-refractivity contribution is 7.99. The van der Waals surface area contributed by atoms with E-state index in [0.717, 1.165) is 23.7 Å². The lowest BCUT2D eigenvalue weighted by molar-refractivity contribution is 0.0932. The number of rotatable bonds is 3. The molecule has 0 saturated heterocycles. The van der Waals surface area contributed by atoms with Crippen LogP contribution in [0.3, 0.4) is 0 Å². The third-order valence-electron chi connectivity index (χ3n) is 3.54. The van der Waals surface area contributed by atoms with Crippen molar-refractivity contribution >= 4 is 29.0 Å². The van der Waals surface area contributed by atoms with Gasteiger partial charge >= 0.3 is 0 Å². The summed E-state index contributed by atoms with van der Waals surface area (Å²) in [6.07, 6.45) is 6.70. The molecule has 3 N–H and O–H groups in total. The molecular formula is C15H20N2OS2. The molecule has 1 aromatic rings. The van der Waals surface area contributed by atoms with Gasteiger partial charge in [0, 0.05) is 16.9 Å². The first-order chi connectivity index (χ1) is 9.74. The standard InChI is InChI=1S/C15H20N2OS2/c1-19-13-6-4-12(5-7-13)17-15(18)14-11(3-2-9-16)8-10-20-14/h8,10,12-13H,4-7,9,16H2,1H3,(H,17,18). The quantitative estimate of drug-likeness (QED) is 0.843. The summed E-state index contributed by atoms with van der Waals surface area (Å²) in [4.78, 5) is 13.0. The topological polar surface area (TPSA) is 55.1 Å². The summed E-state index contributed by atoms with van der Waals surface area (Å²) in [5, 5.41) is 5.81. The number of thioether (sulfide) groups is 1. The summed E-state index contributed by atoms with van der Waals surface area (Å²) in [5.41, 5.74) is 6.16. The molecule has 0 bridgehead atoms. The van der Waals surface area contributed by atoms with Crippen LogP contribution in [0.15, 0.2) is 11.4 Å². The maximum absolute atomic E-state index is 12.3. The average molecular weight is 308 g/mol. The van der Waals surface area contributed by atoms with E-state index in [2.05, 4.69) is 23.4 Å².